The van der Waals surface area contributed by atoms with Gasteiger partial charge in [-0.25, -0.2) is 14.8 Å². The Morgan fingerprint density at radius 3 is 3.00 bits per heavy atom. The fourth-order valence-electron chi connectivity index (χ4n) is 1.58. The van der Waals surface area contributed by atoms with Gasteiger partial charge in [-0.2, -0.15) is 0 Å². The van der Waals surface area contributed by atoms with Crippen LogP contribution in [-0.4, -0.2) is 38.7 Å². The number of aromatic amines is 1. The van der Waals surface area contributed by atoms with Crippen molar-refractivity contribution >= 4 is 46.5 Å². The zero-order valence-corrected chi connectivity index (χ0v) is 13.7. The first-order chi connectivity index (χ1) is 10.5. The molecule has 0 radical (unpaired) electrons. The van der Waals surface area contributed by atoms with Crippen LogP contribution >= 0.6 is 23.4 Å². The molecule has 2 rings (SSSR count). The van der Waals surface area contributed by atoms with Crippen molar-refractivity contribution in [3.8, 4) is 0 Å². The third-order valence-corrected chi connectivity index (χ3v) is 3.95. The van der Waals surface area contributed by atoms with E-state index in [1.165, 1.54) is 18.0 Å². The van der Waals surface area contributed by atoms with Crippen LogP contribution < -0.4 is 10.6 Å². The van der Waals surface area contributed by atoms with Crippen molar-refractivity contribution in [2.45, 2.75) is 31.5 Å². The maximum atomic E-state index is 11.7. The molecule has 22 heavy (non-hydrogen) atoms. The molecule has 2 aromatic heterocycles. The summed E-state index contributed by atoms with van der Waals surface area (Å²) < 4.78 is 0. The number of H-pyrrole nitrogens is 1. The molecule has 0 unspecified atom stereocenters. The van der Waals surface area contributed by atoms with Crippen LogP contribution in [-0.2, 0) is 4.79 Å². The van der Waals surface area contributed by atoms with Crippen molar-refractivity contribution in [1.29, 1.82) is 0 Å². The summed E-state index contributed by atoms with van der Waals surface area (Å²) in [5.41, 5.74) is 1.23. The summed E-state index contributed by atoms with van der Waals surface area (Å²) in [5, 5.41) is 5.98. The van der Waals surface area contributed by atoms with Gasteiger partial charge in [0.15, 0.2) is 10.8 Å². The summed E-state index contributed by atoms with van der Waals surface area (Å²) in [6, 6.07) is 1.24. The van der Waals surface area contributed by atoms with Crippen LogP contribution in [0.1, 0.15) is 20.3 Å². The van der Waals surface area contributed by atoms with Gasteiger partial charge < -0.3 is 10.3 Å². The number of carbonyl (C=O) groups is 2. The Kier molecular flexibility index (Phi) is 5.62. The smallest absolute Gasteiger partial charge is 0.321 e. The van der Waals surface area contributed by atoms with Crippen LogP contribution in [0.15, 0.2) is 17.4 Å². The minimum atomic E-state index is -0.488. The van der Waals surface area contributed by atoms with Crippen molar-refractivity contribution in [3.63, 3.8) is 0 Å². The second-order valence-electron chi connectivity index (χ2n) is 4.69. The fraction of sp³-hybridized carbons (Fsp3) is 0.385. The molecule has 0 aliphatic rings. The van der Waals surface area contributed by atoms with Gasteiger partial charge in [-0.1, -0.05) is 30.3 Å². The number of imidazole rings is 1. The van der Waals surface area contributed by atoms with Crippen LogP contribution in [0.25, 0.3) is 11.2 Å². The molecule has 0 fully saturated rings. The molecule has 0 aliphatic carbocycles. The Morgan fingerprint density at radius 2 is 2.27 bits per heavy atom. The number of aromatic nitrogens is 3. The molecule has 9 heteroatoms. The van der Waals surface area contributed by atoms with Crippen LogP contribution in [0.5, 0.6) is 0 Å². The molecular weight excluding hydrogens is 326 g/mol. The van der Waals surface area contributed by atoms with Crippen molar-refractivity contribution in [2.24, 2.45) is 0 Å². The largest absolute Gasteiger partial charge is 0.335 e. The van der Waals surface area contributed by atoms with Gasteiger partial charge in [0, 0.05) is 12.2 Å². The number of urea groups is 1. The average molecular weight is 342 g/mol. The SMILES string of the molecule is CC[C@H](C)NC(=O)NC(=O)CSc1nc2ncc(Cl)cc2[nH]1. The molecular formula is C13H16ClN5O2S. The molecule has 0 aliphatic heterocycles. The van der Waals surface area contributed by atoms with Gasteiger partial charge in [-0.05, 0) is 19.4 Å². The first kappa shape index (κ1) is 16.6. The third-order valence-electron chi connectivity index (χ3n) is 2.87. The number of rotatable bonds is 5. The van der Waals surface area contributed by atoms with Gasteiger partial charge in [0.05, 0.1) is 16.3 Å². The highest BCUT2D eigenvalue weighted by atomic mass is 35.5. The minimum absolute atomic E-state index is 0.0200. The number of carbonyl (C=O) groups excluding carboxylic acids is 2. The molecule has 0 saturated heterocycles. The first-order valence-electron chi connectivity index (χ1n) is 6.72. The molecule has 118 valence electrons. The predicted molar refractivity (Wildman–Crippen MR) is 86.1 cm³/mol. The summed E-state index contributed by atoms with van der Waals surface area (Å²) in [6.45, 7) is 3.82. The van der Waals surface area contributed by atoms with E-state index in [1.54, 1.807) is 6.07 Å². The minimum Gasteiger partial charge on any atom is -0.335 e. The third kappa shape index (κ3) is 4.60. The number of hydrogen-bond donors (Lipinski definition) is 3. The molecule has 1 atom stereocenters. The number of halogens is 1. The summed E-state index contributed by atoms with van der Waals surface area (Å²) in [4.78, 5) is 34.5. The Labute approximate surface area is 136 Å². The molecule has 7 nitrogen and oxygen atoms in total. The fourth-order valence-corrected chi connectivity index (χ4v) is 2.41. The predicted octanol–water partition coefficient (Wildman–Crippen LogP) is 2.33. The first-order valence-corrected chi connectivity index (χ1v) is 8.08. The van der Waals surface area contributed by atoms with Gasteiger partial charge >= 0.3 is 6.03 Å². The number of nitrogens with zero attached hydrogens (tertiary/aromatic N) is 2. The average Bonchev–Trinajstić information content (AvgIpc) is 2.86. The number of fused-ring (bicyclic) bond motifs is 1. The van der Waals surface area contributed by atoms with E-state index < -0.39 is 11.9 Å². The lowest BCUT2D eigenvalue weighted by Gasteiger charge is -2.11. The van der Waals surface area contributed by atoms with E-state index in [4.69, 9.17) is 11.6 Å². The van der Waals surface area contributed by atoms with Crippen LogP contribution in [0.4, 0.5) is 4.79 Å². The topological polar surface area (TPSA) is 99.8 Å². The Bertz CT molecular complexity index is 690. The van der Waals surface area contributed by atoms with E-state index in [-0.39, 0.29) is 11.8 Å². The molecule has 0 bridgehead atoms. The number of imide groups is 1. The maximum absolute atomic E-state index is 11.7. The highest BCUT2D eigenvalue weighted by Gasteiger charge is 2.12. The molecule has 2 aromatic rings. The van der Waals surface area contributed by atoms with Crippen molar-refractivity contribution in [1.82, 2.24) is 25.6 Å². The van der Waals surface area contributed by atoms with Crippen LogP contribution in [0.2, 0.25) is 5.02 Å². The molecule has 0 spiro atoms. The van der Waals surface area contributed by atoms with E-state index >= 15 is 0 Å². The van der Waals surface area contributed by atoms with Gasteiger partial charge in [0.2, 0.25) is 5.91 Å². The standard InChI is InChI=1S/C13H16ClN5O2S/c1-3-7(2)16-12(21)18-10(20)6-22-13-17-9-4-8(14)5-15-11(9)19-13/h4-5,7H,3,6H2,1-2H3,(H,15,17,19)(H2,16,18,20,21)/t7-/m0/s1. The second kappa shape index (κ2) is 7.46. The number of nitrogens with one attached hydrogen (secondary N) is 3. The molecule has 3 amide bonds. The monoisotopic (exact) mass is 341 g/mol. The van der Waals surface area contributed by atoms with E-state index in [0.717, 1.165) is 6.42 Å². The van der Waals surface area contributed by atoms with Gasteiger partial charge in [-0.15, -0.1) is 0 Å². The van der Waals surface area contributed by atoms with Crippen LogP contribution in [0.3, 0.4) is 0 Å². The summed E-state index contributed by atoms with van der Waals surface area (Å²) >= 11 is 7.03. The summed E-state index contributed by atoms with van der Waals surface area (Å²) in [7, 11) is 0. The highest BCUT2D eigenvalue weighted by molar-refractivity contribution is 7.99. The zero-order valence-electron chi connectivity index (χ0n) is 12.1. The highest BCUT2D eigenvalue weighted by Crippen LogP contribution is 2.20. The lowest BCUT2D eigenvalue weighted by molar-refractivity contribution is -0.117. The zero-order chi connectivity index (χ0) is 16.1. The number of amides is 3. The van der Waals surface area contributed by atoms with E-state index in [0.29, 0.717) is 21.3 Å². The molecule has 3 N–H and O–H groups in total. The lowest BCUT2D eigenvalue weighted by atomic mass is 10.3. The normalized spacial score (nSPS) is 12.1. The number of pyridine rings is 1. The quantitative estimate of drug-likeness (QED) is 0.725. The van der Waals surface area contributed by atoms with E-state index in [9.17, 15) is 9.59 Å². The van der Waals surface area contributed by atoms with E-state index in [2.05, 4.69) is 25.6 Å². The molecule has 0 aromatic carbocycles. The molecule has 2 heterocycles. The summed E-state index contributed by atoms with van der Waals surface area (Å²) in [6.07, 6.45) is 2.30. The van der Waals surface area contributed by atoms with E-state index in [1.807, 2.05) is 13.8 Å². The second-order valence-corrected chi connectivity index (χ2v) is 6.09. The van der Waals surface area contributed by atoms with Crippen molar-refractivity contribution < 1.29 is 9.59 Å². The van der Waals surface area contributed by atoms with Gasteiger partial charge in [0.1, 0.15) is 0 Å². The van der Waals surface area contributed by atoms with Crippen molar-refractivity contribution in [3.05, 3.63) is 17.3 Å². The Balaban J connectivity index is 1.86. The van der Waals surface area contributed by atoms with Crippen molar-refractivity contribution in [2.75, 3.05) is 5.75 Å². The maximum Gasteiger partial charge on any atom is 0.321 e. The lowest BCUT2D eigenvalue weighted by Crippen LogP contribution is -2.43. The summed E-state index contributed by atoms with van der Waals surface area (Å²) in [5.74, 6) is -0.321. The Hall–Kier alpha value is -1.80. The Morgan fingerprint density at radius 1 is 1.50 bits per heavy atom. The van der Waals surface area contributed by atoms with Crippen LogP contribution in [0, 0.1) is 0 Å². The van der Waals surface area contributed by atoms with Gasteiger partial charge in [-0.3, -0.25) is 10.1 Å². The van der Waals surface area contributed by atoms with Gasteiger partial charge in [0.25, 0.3) is 0 Å². The molecule has 0 saturated carbocycles. The number of thioether (sulfide) groups is 1. The number of hydrogen-bond acceptors (Lipinski definition) is 5.